The van der Waals surface area contributed by atoms with E-state index in [-0.39, 0.29) is 0 Å². The van der Waals surface area contributed by atoms with Crippen LogP contribution in [0.3, 0.4) is 0 Å². The molecule has 0 aromatic carbocycles. The first-order valence-electron chi connectivity index (χ1n) is 6.48. The molecular weight excluding hydrogens is 220 g/mol. The first-order chi connectivity index (χ1) is 7.73. The summed E-state index contributed by atoms with van der Waals surface area (Å²) in [6, 6.07) is 0.765. The summed E-state index contributed by atoms with van der Waals surface area (Å²) in [6.45, 7) is 2.60. The third-order valence-corrected chi connectivity index (χ3v) is 5.09. The lowest BCUT2D eigenvalue weighted by molar-refractivity contribution is 0.0326. The first kappa shape index (κ1) is 12.7. The van der Waals surface area contributed by atoms with Gasteiger partial charge in [0.25, 0.3) is 0 Å². The van der Waals surface area contributed by atoms with Crippen molar-refractivity contribution >= 4 is 11.8 Å². The van der Waals surface area contributed by atoms with E-state index < -0.39 is 5.60 Å². The third kappa shape index (κ3) is 3.13. The lowest BCUT2D eigenvalue weighted by Crippen LogP contribution is -2.41. The molecule has 0 aromatic rings. The second-order valence-electron chi connectivity index (χ2n) is 5.16. The maximum Gasteiger partial charge on any atom is 0.0782 e. The molecule has 2 saturated heterocycles. The van der Waals surface area contributed by atoms with Gasteiger partial charge < -0.3 is 15.7 Å². The highest BCUT2D eigenvalue weighted by molar-refractivity contribution is 7.99. The molecule has 2 heterocycles. The van der Waals surface area contributed by atoms with Gasteiger partial charge in [-0.05, 0) is 50.2 Å². The summed E-state index contributed by atoms with van der Waals surface area (Å²) in [4.78, 5) is 2.59. The number of aliphatic hydroxyl groups is 1. The summed E-state index contributed by atoms with van der Waals surface area (Å²) < 4.78 is 0. The summed E-state index contributed by atoms with van der Waals surface area (Å²) in [7, 11) is 0. The van der Waals surface area contributed by atoms with Gasteiger partial charge in [-0.25, -0.2) is 0 Å². The van der Waals surface area contributed by atoms with Crippen molar-refractivity contribution in [1.29, 1.82) is 0 Å². The normalized spacial score (nSPS) is 34.9. The van der Waals surface area contributed by atoms with Crippen molar-refractivity contribution in [3.05, 3.63) is 0 Å². The Bertz CT molecular complexity index is 221. The van der Waals surface area contributed by atoms with Crippen LogP contribution in [0.1, 0.15) is 32.1 Å². The molecule has 0 spiro atoms. The van der Waals surface area contributed by atoms with Crippen molar-refractivity contribution in [2.45, 2.75) is 43.7 Å². The highest BCUT2D eigenvalue weighted by Gasteiger charge is 2.31. The minimum atomic E-state index is -0.585. The van der Waals surface area contributed by atoms with Crippen molar-refractivity contribution in [2.75, 3.05) is 31.1 Å². The Balaban J connectivity index is 1.87. The Morgan fingerprint density at radius 1 is 1.25 bits per heavy atom. The summed E-state index contributed by atoms with van der Waals surface area (Å²) in [5, 5.41) is 10.2. The highest BCUT2D eigenvalue weighted by Crippen LogP contribution is 2.27. The first-order valence-corrected chi connectivity index (χ1v) is 7.63. The summed E-state index contributed by atoms with van der Waals surface area (Å²) in [5.74, 6) is 2.62. The molecule has 2 rings (SSSR count). The monoisotopic (exact) mass is 244 g/mol. The van der Waals surface area contributed by atoms with Crippen LogP contribution in [0.4, 0.5) is 0 Å². The zero-order valence-corrected chi connectivity index (χ0v) is 10.8. The van der Waals surface area contributed by atoms with Crippen LogP contribution >= 0.6 is 11.8 Å². The Labute approximate surface area is 103 Å². The number of thioether (sulfide) groups is 1. The van der Waals surface area contributed by atoms with Crippen LogP contribution in [-0.4, -0.2) is 52.8 Å². The number of rotatable bonds is 2. The average molecular weight is 244 g/mol. The number of nitrogens with zero attached hydrogens (tertiary/aromatic N) is 1. The molecule has 0 amide bonds. The molecule has 2 aliphatic rings. The molecule has 1 atom stereocenters. The van der Waals surface area contributed by atoms with Gasteiger partial charge in [0.15, 0.2) is 0 Å². The summed E-state index contributed by atoms with van der Waals surface area (Å²) in [5.41, 5.74) is 5.07. The molecule has 2 aliphatic heterocycles. The predicted molar refractivity (Wildman–Crippen MR) is 69.8 cm³/mol. The fourth-order valence-electron chi connectivity index (χ4n) is 2.82. The van der Waals surface area contributed by atoms with Crippen LogP contribution in [0.5, 0.6) is 0 Å². The molecule has 0 aliphatic carbocycles. The maximum absolute atomic E-state index is 10.2. The quantitative estimate of drug-likeness (QED) is 0.762. The third-order valence-electron chi connectivity index (χ3n) is 4.04. The molecule has 4 heteroatoms. The van der Waals surface area contributed by atoms with Crippen molar-refractivity contribution in [1.82, 2.24) is 4.90 Å². The van der Waals surface area contributed by atoms with E-state index in [1.54, 1.807) is 0 Å². The molecule has 0 bridgehead atoms. The van der Waals surface area contributed by atoms with Gasteiger partial charge in [-0.1, -0.05) is 0 Å². The van der Waals surface area contributed by atoms with Gasteiger partial charge in [-0.3, -0.25) is 0 Å². The lowest BCUT2D eigenvalue weighted by atomic mass is 9.95. The Morgan fingerprint density at radius 3 is 2.69 bits per heavy atom. The van der Waals surface area contributed by atoms with Crippen LogP contribution < -0.4 is 5.73 Å². The fraction of sp³-hybridized carbons (Fsp3) is 1.00. The van der Waals surface area contributed by atoms with Crippen LogP contribution in [-0.2, 0) is 0 Å². The van der Waals surface area contributed by atoms with Crippen LogP contribution in [0.15, 0.2) is 0 Å². The fourth-order valence-corrected chi connectivity index (χ4v) is 3.90. The topological polar surface area (TPSA) is 49.5 Å². The van der Waals surface area contributed by atoms with E-state index in [1.807, 2.05) is 0 Å². The van der Waals surface area contributed by atoms with Crippen molar-refractivity contribution in [3.8, 4) is 0 Å². The van der Waals surface area contributed by atoms with Gasteiger partial charge in [0.2, 0.25) is 0 Å². The van der Waals surface area contributed by atoms with E-state index >= 15 is 0 Å². The molecule has 1 unspecified atom stereocenters. The maximum atomic E-state index is 10.2. The molecule has 3 nitrogen and oxygen atoms in total. The molecule has 3 N–H and O–H groups in total. The van der Waals surface area contributed by atoms with E-state index in [0.29, 0.717) is 6.54 Å². The van der Waals surface area contributed by atoms with Gasteiger partial charge in [0, 0.05) is 19.1 Å². The minimum Gasteiger partial charge on any atom is -0.389 e. The van der Waals surface area contributed by atoms with Crippen LogP contribution in [0.25, 0.3) is 0 Å². The van der Waals surface area contributed by atoms with Crippen LogP contribution in [0.2, 0.25) is 0 Å². The van der Waals surface area contributed by atoms with E-state index in [4.69, 9.17) is 5.73 Å². The van der Waals surface area contributed by atoms with Gasteiger partial charge in [-0.2, -0.15) is 11.8 Å². The zero-order valence-electron chi connectivity index (χ0n) is 10.0. The average Bonchev–Trinajstić information content (AvgIpc) is 2.53. The Morgan fingerprint density at radius 2 is 2.00 bits per heavy atom. The van der Waals surface area contributed by atoms with E-state index in [2.05, 4.69) is 16.7 Å². The summed E-state index contributed by atoms with van der Waals surface area (Å²) >= 11 is 2.08. The van der Waals surface area contributed by atoms with Gasteiger partial charge in [0.05, 0.1) is 5.60 Å². The summed E-state index contributed by atoms with van der Waals surface area (Å²) in [6.07, 6.45) is 5.48. The molecule has 2 fully saturated rings. The number of likely N-dealkylation sites (tertiary alicyclic amines) is 1. The SMILES string of the molecule is NCC1(O)CCCN(C2CCSCC2)CC1. The van der Waals surface area contributed by atoms with E-state index in [0.717, 1.165) is 38.4 Å². The smallest absolute Gasteiger partial charge is 0.0782 e. The second-order valence-corrected chi connectivity index (χ2v) is 6.39. The van der Waals surface area contributed by atoms with Gasteiger partial charge >= 0.3 is 0 Å². The standard InChI is InChI=1S/C12H24N2OS/c13-10-12(15)4-1-6-14(7-5-12)11-2-8-16-9-3-11/h11,15H,1-10,13H2. The zero-order chi connectivity index (χ0) is 11.4. The molecule has 0 aromatic heterocycles. The number of hydrogen-bond acceptors (Lipinski definition) is 4. The van der Waals surface area contributed by atoms with E-state index in [1.165, 1.54) is 24.3 Å². The second kappa shape index (κ2) is 5.71. The van der Waals surface area contributed by atoms with Crippen molar-refractivity contribution in [3.63, 3.8) is 0 Å². The Kier molecular flexibility index (Phi) is 4.53. The largest absolute Gasteiger partial charge is 0.389 e. The molecule has 16 heavy (non-hydrogen) atoms. The molecule has 0 saturated carbocycles. The predicted octanol–water partition coefficient (Wildman–Crippen LogP) is 1.06. The highest BCUT2D eigenvalue weighted by atomic mass is 32.2. The van der Waals surface area contributed by atoms with Gasteiger partial charge in [0.1, 0.15) is 0 Å². The molecular formula is C12H24N2OS. The van der Waals surface area contributed by atoms with Gasteiger partial charge in [-0.15, -0.1) is 0 Å². The lowest BCUT2D eigenvalue weighted by Gasteiger charge is -2.33. The van der Waals surface area contributed by atoms with Crippen LogP contribution in [0, 0.1) is 0 Å². The number of nitrogens with two attached hydrogens (primary N) is 1. The van der Waals surface area contributed by atoms with Crippen molar-refractivity contribution in [2.24, 2.45) is 5.73 Å². The van der Waals surface area contributed by atoms with Crippen molar-refractivity contribution < 1.29 is 5.11 Å². The minimum absolute atomic E-state index is 0.418. The number of hydrogen-bond donors (Lipinski definition) is 2. The molecule has 0 radical (unpaired) electrons. The molecule has 94 valence electrons. The Hall–Kier alpha value is 0.230. The van der Waals surface area contributed by atoms with E-state index in [9.17, 15) is 5.11 Å².